The van der Waals surface area contributed by atoms with Crippen molar-refractivity contribution in [1.82, 2.24) is 0 Å². The molecule has 0 saturated heterocycles. The molecule has 0 spiro atoms. The zero-order valence-electron chi connectivity index (χ0n) is 6.67. The summed E-state index contributed by atoms with van der Waals surface area (Å²) in [5.74, 6) is 0. The summed E-state index contributed by atoms with van der Waals surface area (Å²) in [5.41, 5.74) is 1.51. The second-order valence-corrected chi connectivity index (χ2v) is 4.11. The molecule has 1 rings (SSSR count). The van der Waals surface area contributed by atoms with Crippen molar-refractivity contribution in [3.8, 4) is 0 Å². The van der Waals surface area contributed by atoms with Gasteiger partial charge in [0.15, 0.2) is 0 Å². The first-order valence-corrected chi connectivity index (χ1v) is 5.05. The Morgan fingerprint density at radius 2 is 1.90 bits per heavy atom. The van der Waals surface area contributed by atoms with E-state index in [1.807, 2.05) is 0 Å². The Bertz CT molecular complexity index is 181. The summed E-state index contributed by atoms with van der Waals surface area (Å²) in [4.78, 5) is 0. The van der Waals surface area contributed by atoms with E-state index in [9.17, 15) is 0 Å². The van der Waals surface area contributed by atoms with Gasteiger partial charge < -0.3 is 0 Å². The summed E-state index contributed by atoms with van der Waals surface area (Å²) >= 11 is 1.28. The first-order chi connectivity index (χ1) is 4.84. The molecule has 0 aliphatic heterocycles. The van der Waals surface area contributed by atoms with Crippen molar-refractivity contribution in [2.24, 2.45) is 0 Å². The number of benzene rings is 1. The predicted octanol–water partition coefficient (Wildman–Crippen LogP) is 1.77. The van der Waals surface area contributed by atoms with Crippen molar-refractivity contribution >= 4 is 16.3 Å². The molecule has 0 aromatic heterocycles. The Morgan fingerprint density at radius 3 is 2.40 bits per heavy atom. The average Bonchev–Trinajstić information content (AvgIpc) is 2.05. The van der Waals surface area contributed by atoms with E-state index in [0.29, 0.717) is 0 Å². The van der Waals surface area contributed by atoms with Crippen LogP contribution in [0.3, 0.4) is 0 Å². The Morgan fingerprint density at radius 1 is 1.30 bits per heavy atom. The maximum atomic E-state index is 2.25. The molecule has 1 aromatic rings. The van der Waals surface area contributed by atoms with Crippen LogP contribution in [-0.4, -0.2) is 16.3 Å². The number of rotatable bonds is 2. The van der Waals surface area contributed by atoms with Gasteiger partial charge in [0.2, 0.25) is 16.3 Å². The lowest BCUT2D eigenvalue weighted by Crippen LogP contribution is -1.94. The van der Waals surface area contributed by atoms with Crippen LogP contribution in [0.4, 0.5) is 0 Å². The molecule has 1 unspecified atom stereocenters. The fourth-order valence-electron chi connectivity index (χ4n) is 1.02. The van der Waals surface area contributed by atoms with Crippen LogP contribution in [0.15, 0.2) is 30.3 Å². The molecule has 1 atom stereocenters. The molecule has 0 nitrogen and oxygen atoms in total. The molecule has 10 heavy (non-hydrogen) atoms. The van der Waals surface area contributed by atoms with E-state index in [1.165, 1.54) is 28.3 Å². The standard InChI is InChI=1S/C9H11.Al.2H/c1-2-6-9-7-4-3-5-8-9;;;/h3-8H,2H2,1H3;;;. The van der Waals surface area contributed by atoms with Crippen molar-refractivity contribution in [3.05, 3.63) is 35.9 Å². The molecule has 0 N–H and O–H groups in total. The molecule has 0 saturated carbocycles. The van der Waals surface area contributed by atoms with Gasteiger partial charge in [-0.25, -0.2) is 0 Å². The fourth-order valence-corrected chi connectivity index (χ4v) is 1.40. The van der Waals surface area contributed by atoms with Gasteiger partial charge in [0.1, 0.15) is 0 Å². The van der Waals surface area contributed by atoms with Crippen LogP contribution in [0.25, 0.3) is 0 Å². The van der Waals surface area contributed by atoms with E-state index in [2.05, 4.69) is 37.3 Å². The second kappa shape index (κ2) is 3.81. The van der Waals surface area contributed by atoms with Gasteiger partial charge in [-0.05, 0) is 0 Å². The molecule has 0 bridgehead atoms. The summed E-state index contributed by atoms with van der Waals surface area (Å²) < 4.78 is 0.848. The molecule has 0 aliphatic carbocycles. The van der Waals surface area contributed by atoms with E-state index >= 15 is 0 Å². The predicted molar refractivity (Wildman–Crippen MR) is 48.0 cm³/mol. The van der Waals surface area contributed by atoms with Gasteiger partial charge in [-0.3, -0.25) is 0 Å². The van der Waals surface area contributed by atoms with Crippen LogP contribution < -0.4 is 0 Å². The summed E-state index contributed by atoms with van der Waals surface area (Å²) in [6.07, 6.45) is 1.29. The minimum absolute atomic E-state index is 0.848. The fraction of sp³-hybridized carbons (Fsp3) is 0.333. The van der Waals surface area contributed by atoms with E-state index < -0.39 is 0 Å². The Labute approximate surface area is 70.7 Å². The maximum absolute atomic E-state index is 2.25. The molecular weight excluding hydrogens is 135 g/mol. The summed E-state index contributed by atoms with van der Waals surface area (Å²) in [6, 6.07) is 10.8. The molecule has 0 radical (unpaired) electrons. The van der Waals surface area contributed by atoms with E-state index in [-0.39, 0.29) is 0 Å². The molecule has 52 valence electrons. The van der Waals surface area contributed by atoms with E-state index in [0.717, 1.165) is 4.78 Å². The Kier molecular flexibility index (Phi) is 2.99. The van der Waals surface area contributed by atoms with Crippen molar-refractivity contribution in [2.45, 2.75) is 18.1 Å². The highest BCUT2D eigenvalue weighted by atomic mass is 27.0. The average molecular weight is 148 g/mol. The van der Waals surface area contributed by atoms with Crippen LogP contribution in [0.2, 0.25) is 0 Å². The molecule has 0 aliphatic rings. The molecule has 0 heterocycles. The maximum Gasteiger partial charge on any atom is 0.223 e. The van der Waals surface area contributed by atoms with Gasteiger partial charge in [0.05, 0.1) is 0 Å². The van der Waals surface area contributed by atoms with Gasteiger partial charge in [-0.2, -0.15) is 0 Å². The summed E-state index contributed by atoms with van der Waals surface area (Å²) in [5, 5.41) is 0. The molecule has 1 aromatic carbocycles. The zero-order valence-corrected chi connectivity index (χ0v) is 8.67. The normalized spacial score (nSPS) is 12.9. The second-order valence-electron chi connectivity index (χ2n) is 2.72. The zero-order chi connectivity index (χ0) is 7.40. The molecule has 0 amide bonds. The third-order valence-corrected chi connectivity index (χ3v) is 3.46. The van der Waals surface area contributed by atoms with Gasteiger partial charge >= 0.3 is 0 Å². The van der Waals surface area contributed by atoms with Crippen LogP contribution in [0.1, 0.15) is 23.7 Å². The van der Waals surface area contributed by atoms with Gasteiger partial charge in [0.25, 0.3) is 0 Å². The van der Waals surface area contributed by atoms with E-state index in [1.54, 1.807) is 0 Å². The van der Waals surface area contributed by atoms with Crippen LogP contribution >= 0.6 is 0 Å². The van der Waals surface area contributed by atoms with E-state index in [4.69, 9.17) is 0 Å². The highest BCUT2D eigenvalue weighted by Gasteiger charge is 1.99. The number of hydrogen-bond donors (Lipinski definition) is 0. The minimum atomic E-state index is 0.848. The molecular formula is C9H13Al. The largest absolute Gasteiger partial charge is 0.223 e. The topological polar surface area (TPSA) is 0 Å². The molecule has 0 fully saturated rings. The third kappa shape index (κ3) is 1.87. The lowest BCUT2D eigenvalue weighted by Gasteiger charge is -2.06. The highest BCUT2D eigenvalue weighted by Crippen LogP contribution is 2.13. The monoisotopic (exact) mass is 148 g/mol. The van der Waals surface area contributed by atoms with Crippen molar-refractivity contribution in [1.29, 1.82) is 0 Å². The minimum Gasteiger partial charge on any atom is -0.0672 e. The van der Waals surface area contributed by atoms with Crippen molar-refractivity contribution in [2.75, 3.05) is 0 Å². The van der Waals surface area contributed by atoms with Crippen molar-refractivity contribution in [3.63, 3.8) is 0 Å². The third-order valence-electron chi connectivity index (χ3n) is 1.98. The van der Waals surface area contributed by atoms with Crippen LogP contribution in [0.5, 0.6) is 0 Å². The first-order valence-electron chi connectivity index (χ1n) is 3.89. The lowest BCUT2D eigenvalue weighted by molar-refractivity contribution is 0.882. The molecule has 1 heteroatoms. The highest BCUT2D eigenvalue weighted by molar-refractivity contribution is 6.12. The SMILES string of the molecule is CC[CH]([AlH2])c1ccccc1. The van der Waals surface area contributed by atoms with Crippen LogP contribution in [-0.2, 0) is 0 Å². The van der Waals surface area contributed by atoms with Gasteiger partial charge in [-0.1, -0.05) is 54.0 Å². The first kappa shape index (κ1) is 7.86. The van der Waals surface area contributed by atoms with Crippen LogP contribution in [0, 0.1) is 0 Å². The van der Waals surface area contributed by atoms with Gasteiger partial charge in [0, 0.05) is 0 Å². The quantitative estimate of drug-likeness (QED) is 0.561. The lowest BCUT2D eigenvalue weighted by atomic mass is 10.1. The Balaban J connectivity index is 2.75. The smallest absolute Gasteiger partial charge is 0.0672 e. The summed E-state index contributed by atoms with van der Waals surface area (Å²) in [7, 11) is 0. The van der Waals surface area contributed by atoms with Gasteiger partial charge in [-0.15, -0.1) is 0 Å². The number of hydrogen-bond acceptors (Lipinski definition) is 0. The Hall–Kier alpha value is -0.248. The van der Waals surface area contributed by atoms with Crippen molar-refractivity contribution < 1.29 is 0 Å². The summed E-state index contributed by atoms with van der Waals surface area (Å²) in [6.45, 7) is 2.25.